The number of para-hydroxylation sites is 4. The average molecular weight is 604 g/mol. The summed E-state index contributed by atoms with van der Waals surface area (Å²) >= 11 is 0. The second kappa shape index (κ2) is 13.6. The molecule has 7 aromatic rings. The molecular weight excluding hydrogens is 576 g/mol. The molecule has 0 amide bonds. The van der Waals surface area contributed by atoms with E-state index in [1.807, 2.05) is 97.1 Å². The fourth-order valence-electron chi connectivity index (χ4n) is 6.21. The molecule has 0 heterocycles. The summed E-state index contributed by atoms with van der Waals surface area (Å²) in [5.41, 5.74) is 10.7. The molecule has 6 heteroatoms. The number of anilines is 6. The zero-order chi connectivity index (χ0) is 33.0. The Morgan fingerprint density at radius 1 is 0.250 bits per heavy atom. The smallest absolute Gasteiger partial charge is 0.113 e. The predicted molar refractivity (Wildman–Crippen MR) is 208 cm³/mol. The molecule has 0 saturated heterocycles. The predicted octanol–water partition coefficient (Wildman–Crippen LogP) is 7.14. The van der Waals surface area contributed by atoms with Crippen LogP contribution >= 0.6 is 0 Å². The molecule has 0 fully saturated rings. The Kier molecular flexibility index (Phi) is 8.81. The molecule has 218 valence electrons. The molecule has 48 heavy (non-hydrogen) atoms. The van der Waals surface area contributed by atoms with Crippen molar-refractivity contribution in [3.05, 3.63) is 170 Å². The highest BCUT2D eigenvalue weighted by atomic mass is 15.1. The van der Waals surface area contributed by atoms with Crippen molar-refractivity contribution < 1.29 is 0 Å². The highest BCUT2D eigenvalue weighted by molar-refractivity contribution is 6.62. The molecule has 2 nitrogen and oxygen atoms in total. The van der Waals surface area contributed by atoms with E-state index >= 15 is 0 Å². The van der Waals surface area contributed by atoms with Crippen molar-refractivity contribution in [2.24, 2.45) is 0 Å². The summed E-state index contributed by atoms with van der Waals surface area (Å²) in [6, 6.07) is 57.2. The topological polar surface area (TPSA) is 6.48 Å². The Hall–Kier alpha value is -5.60. The van der Waals surface area contributed by atoms with Crippen LogP contribution in [0.3, 0.4) is 0 Å². The Morgan fingerprint density at radius 3 is 0.688 bits per heavy atom. The van der Waals surface area contributed by atoms with E-state index in [2.05, 4.69) is 82.6 Å². The summed E-state index contributed by atoms with van der Waals surface area (Å²) in [4.78, 5) is 4.39. The van der Waals surface area contributed by atoms with Crippen molar-refractivity contribution in [3.63, 3.8) is 0 Å². The normalized spacial score (nSPS) is 10.8. The van der Waals surface area contributed by atoms with E-state index in [1.165, 1.54) is 0 Å². The lowest BCUT2D eigenvalue weighted by Crippen LogP contribution is -2.44. The van der Waals surface area contributed by atoms with Gasteiger partial charge in [0, 0.05) is 34.1 Å². The maximum absolute atomic E-state index is 6.75. The van der Waals surface area contributed by atoms with E-state index in [0.29, 0.717) is 33.0 Å². The molecule has 7 rings (SSSR count). The lowest BCUT2D eigenvalue weighted by atomic mass is 9.62. The molecule has 0 saturated carbocycles. The molecule has 0 atom stereocenters. The largest absolute Gasteiger partial charge is 0.311 e. The van der Waals surface area contributed by atoms with Crippen LogP contribution in [0.25, 0.3) is 22.3 Å². The molecule has 0 aliphatic carbocycles. The molecule has 0 spiro atoms. The second-order valence-corrected chi connectivity index (χ2v) is 11.5. The number of nitrogens with zero attached hydrogens (tertiary/aromatic N) is 2. The summed E-state index contributed by atoms with van der Waals surface area (Å²) in [6.07, 6.45) is 0. The summed E-state index contributed by atoms with van der Waals surface area (Å²) in [6.45, 7) is 0. The van der Waals surface area contributed by atoms with Crippen LogP contribution in [0.5, 0.6) is 0 Å². The van der Waals surface area contributed by atoms with E-state index < -0.39 is 0 Å². The van der Waals surface area contributed by atoms with Crippen molar-refractivity contribution in [2.45, 2.75) is 0 Å². The number of benzene rings is 7. The van der Waals surface area contributed by atoms with Gasteiger partial charge in [-0.15, -0.1) is 0 Å². The Morgan fingerprint density at radius 2 is 0.458 bits per heavy atom. The molecule has 0 bridgehead atoms. The van der Waals surface area contributed by atoms with Gasteiger partial charge in [-0.25, -0.2) is 0 Å². The Bertz CT molecular complexity index is 1870. The fourth-order valence-corrected chi connectivity index (χ4v) is 6.21. The van der Waals surface area contributed by atoms with Gasteiger partial charge in [0.1, 0.15) is 31.4 Å². The van der Waals surface area contributed by atoms with E-state index in [9.17, 15) is 0 Å². The number of rotatable bonds is 8. The van der Waals surface area contributed by atoms with Crippen LogP contribution < -0.4 is 31.7 Å². The van der Waals surface area contributed by atoms with Gasteiger partial charge < -0.3 is 9.80 Å². The van der Waals surface area contributed by atoms with Crippen LogP contribution in [0.4, 0.5) is 34.1 Å². The van der Waals surface area contributed by atoms with Gasteiger partial charge >= 0.3 is 0 Å². The van der Waals surface area contributed by atoms with Crippen LogP contribution in [0.2, 0.25) is 0 Å². The molecule has 0 N–H and O–H groups in total. The molecule has 0 aromatic heterocycles. The van der Waals surface area contributed by atoms with E-state index in [-0.39, 0.29) is 0 Å². The Labute approximate surface area is 288 Å². The molecular formula is C42H28B4N2. The van der Waals surface area contributed by atoms with Gasteiger partial charge in [0.05, 0.1) is 0 Å². The molecule has 0 aliphatic heterocycles. The first-order chi connectivity index (χ1) is 23.5. The summed E-state index contributed by atoms with van der Waals surface area (Å²) in [5, 5.41) is 0. The zero-order valence-electron chi connectivity index (χ0n) is 26.4. The van der Waals surface area contributed by atoms with Crippen LogP contribution in [0.1, 0.15) is 0 Å². The average Bonchev–Trinajstić information content (AvgIpc) is 3.14. The maximum Gasteiger partial charge on any atom is 0.113 e. The van der Waals surface area contributed by atoms with Crippen LogP contribution in [0.15, 0.2) is 170 Å². The lowest BCUT2D eigenvalue weighted by Gasteiger charge is -2.27. The minimum Gasteiger partial charge on any atom is -0.311 e. The van der Waals surface area contributed by atoms with Gasteiger partial charge in [0.2, 0.25) is 0 Å². The molecule has 7 aromatic carbocycles. The zero-order valence-corrected chi connectivity index (χ0v) is 26.4. The third-order valence-corrected chi connectivity index (χ3v) is 8.54. The molecule has 0 aliphatic rings. The minimum atomic E-state index is 0.395. The fraction of sp³-hybridized carbons (Fsp3) is 0. The number of hydrogen-bond donors (Lipinski definition) is 0. The summed E-state index contributed by atoms with van der Waals surface area (Å²) in [7, 11) is 27.0. The standard InChI is InChI=1S/C42H28B4N2/c43-39-37(29-21-25-35(26-22-29)47(31-13-5-1-6-14-31)32-15-7-2-8-16-32)40(44)42(46)38(41(39)45)30-23-27-36(28-24-30)48(33-17-9-3-10-18-33)34-19-11-4-12-20-34/h1-28H. The van der Waals surface area contributed by atoms with Gasteiger partial charge in [0.15, 0.2) is 0 Å². The molecule has 8 radical (unpaired) electrons. The van der Waals surface area contributed by atoms with Crippen molar-refractivity contribution >= 4 is 87.4 Å². The first kappa shape index (κ1) is 31.0. The van der Waals surface area contributed by atoms with Crippen LogP contribution in [0, 0.1) is 0 Å². The van der Waals surface area contributed by atoms with Gasteiger partial charge in [-0.05, 0) is 95.1 Å². The third kappa shape index (κ3) is 5.98. The van der Waals surface area contributed by atoms with Crippen LogP contribution in [-0.4, -0.2) is 31.4 Å². The highest BCUT2D eigenvalue weighted by Crippen LogP contribution is 2.36. The van der Waals surface area contributed by atoms with Gasteiger partial charge in [-0.3, -0.25) is 0 Å². The van der Waals surface area contributed by atoms with Gasteiger partial charge in [0.25, 0.3) is 0 Å². The van der Waals surface area contributed by atoms with Crippen molar-refractivity contribution in [1.82, 2.24) is 0 Å². The lowest BCUT2D eigenvalue weighted by molar-refractivity contribution is 1.28. The van der Waals surface area contributed by atoms with Crippen molar-refractivity contribution in [1.29, 1.82) is 0 Å². The Balaban J connectivity index is 1.24. The quantitative estimate of drug-likeness (QED) is 0.171. The summed E-state index contributed by atoms with van der Waals surface area (Å²) in [5.74, 6) is 0. The minimum absolute atomic E-state index is 0.395. The highest BCUT2D eigenvalue weighted by Gasteiger charge is 2.18. The monoisotopic (exact) mass is 604 g/mol. The summed E-state index contributed by atoms with van der Waals surface area (Å²) < 4.78 is 0. The molecule has 0 unspecified atom stereocenters. The first-order valence-electron chi connectivity index (χ1n) is 15.8. The van der Waals surface area contributed by atoms with E-state index in [0.717, 1.165) is 45.3 Å². The first-order valence-corrected chi connectivity index (χ1v) is 15.8. The number of hydrogen-bond acceptors (Lipinski definition) is 2. The SMILES string of the molecule is [B]c1c([B])c(-c2ccc(N(c3ccccc3)c3ccccc3)cc2)c([B])c([B])c1-c1ccc(N(c2ccccc2)c2ccccc2)cc1. The van der Waals surface area contributed by atoms with E-state index in [1.54, 1.807) is 0 Å². The maximum atomic E-state index is 6.75. The van der Waals surface area contributed by atoms with Crippen LogP contribution in [-0.2, 0) is 0 Å². The second-order valence-electron chi connectivity index (χ2n) is 11.5. The third-order valence-electron chi connectivity index (χ3n) is 8.54. The van der Waals surface area contributed by atoms with Crippen molar-refractivity contribution in [3.8, 4) is 22.3 Å². The van der Waals surface area contributed by atoms with Crippen molar-refractivity contribution in [2.75, 3.05) is 9.80 Å². The van der Waals surface area contributed by atoms with Gasteiger partial charge in [-0.2, -0.15) is 0 Å². The van der Waals surface area contributed by atoms with E-state index in [4.69, 9.17) is 31.4 Å². The van der Waals surface area contributed by atoms with Gasteiger partial charge in [-0.1, -0.05) is 119 Å².